The van der Waals surface area contributed by atoms with Gasteiger partial charge < -0.3 is 9.97 Å². The van der Waals surface area contributed by atoms with Crippen LogP contribution >= 0.6 is 0 Å². The minimum absolute atomic E-state index is 0. The second kappa shape index (κ2) is 31.8. The SMILES string of the molecule is [Pd+2].c1ccc(-c2cccc(-c3ccccc3)c2-c2c3nc(c(-c4c(-c5ccccc5)cccc4-c4ccccc4)c4[n-]c(c(-c5c(-c6ccccc6)cccc5-c5ccccc5)c5nc(c(-c6c(-c7ccccc7)cccc6-c6ccccc6)c6[n-]c2c2cc7ccccc7cc62)-c2cc6ccccc6cc2-5)c2cc5ccccc5cc42)-c2cc4ccccc4cc2-3)cc1. The van der Waals surface area contributed by atoms with Gasteiger partial charge in [0.2, 0.25) is 0 Å². The predicted molar refractivity (Wildman–Crippen MR) is 538 cm³/mol. The van der Waals surface area contributed by atoms with Gasteiger partial charge in [-0.1, -0.05) is 413 Å². The standard InChI is InChI=1S/C124H76N4.Pd/c1-9-37-77(38-10-1)93-61-33-62-94(78-39-11-2-12-40-78)109(93)113-117-101-69-85-53-25-27-55-87(85)71-103(101)119(125-117)114(110-95(79-41-13-3-14-42-79)63-34-64-96(110)80-43-15-4-16-44-80)121-105-73-89-57-29-31-59-91(89)75-107(105)123(127-121)116(112-99(83-49-21-7-22-50-83)67-36-68-100(112)84-51-23-8-24-52-84)124-108-76-92-60-32-30-58-90(92)74-106(108)122(128-124)115(120-104-72-88-56-28-26-54-86(88)70-102(104)118(113)126-120)111-97(81-45-17-5-18-46-81)65-35-66-98(111)82-47-19-6-20-48-82;/h1-76H;/q-2;+2. The van der Waals surface area contributed by atoms with Crippen LogP contribution in [0.4, 0.5) is 0 Å². The van der Waals surface area contributed by atoms with Crippen LogP contribution in [-0.4, -0.2) is 9.97 Å². The van der Waals surface area contributed by atoms with Crippen molar-refractivity contribution in [3.05, 3.63) is 461 Å². The minimum Gasteiger partial charge on any atom is -0.656 e. The molecule has 4 nitrogen and oxygen atoms in total. The van der Waals surface area contributed by atoms with Gasteiger partial charge in [-0.25, -0.2) is 9.97 Å². The normalized spacial score (nSPS) is 11.7. The maximum absolute atomic E-state index is 6.88. The molecule has 3 aliphatic rings. The number of fused-ring (bicyclic) bond motifs is 4. The Hall–Kier alpha value is -16.3. The fraction of sp³-hybridized carbons (Fsp3) is 0. The fourth-order valence-corrected chi connectivity index (χ4v) is 20.5. The zero-order valence-corrected chi connectivity index (χ0v) is 71.5. The molecule has 8 bridgehead atoms. The van der Waals surface area contributed by atoms with Gasteiger partial charge >= 0.3 is 20.4 Å². The third-order valence-corrected chi connectivity index (χ3v) is 26.3. The van der Waals surface area contributed by atoms with Crippen LogP contribution in [0.25, 0.3) is 265 Å². The Bertz CT molecular complexity index is 7400. The molecule has 0 spiro atoms. The summed E-state index contributed by atoms with van der Waals surface area (Å²) in [5, 5.41) is 12.4. The second-order valence-electron chi connectivity index (χ2n) is 33.6. The molecule has 20 aromatic carbocycles. The van der Waals surface area contributed by atoms with Crippen molar-refractivity contribution >= 4 is 86.7 Å². The van der Waals surface area contributed by atoms with Crippen LogP contribution < -0.4 is 9.97 Å². The average Bonchev–Trinajstić information content (AvgIpc) is 1.54. The molecule has 5 heteroatoms. The number of hydrogen-bond acceptors (Lipinski definition) is 2. The Morgan fingerprint density at radius 3 is 0.442 bits per heavy atom. The van der Waals surface area contributed by atoms with Gasteiger partial charge in [-0.2, -0.15) is 0 Å². The maximum Gasteiger partial charge on any atom is 2.00 e. The first-order valence-electron chi connectivity index (χ1n) is 44.0. The summed E-state index contributed by atoms with van der Waals surface area (Å²) in [4.78, 5) is 27.5. The molecule has 0 fully saturated rings. The van der Waals surface area contributed by atoms with Crippen LogP contribution in [-0.2, 0) is 20.4 Å². The third kappa shape index (κ3) is 12.8. The Kier molecular flexibility index (Phi) is 18.8. The number of benzene rings is 20. The molecule has 4 heterocycles. The summed E-state index contributed by atoms with van der Waals surface area (Å²) in [5.41, 5.74) is 34.0. The van der Waals surface area contributed by atoms with Gasteiger partial charge in [-0.3, -0.25) is 0 Å². The molecule has 0 atom stereocenters. The summed E-state index contributed by atoms with van der Waals surface area (Å²) in [6, 6.07) is 170. The Morgan fingerprint density at radius 1 is 0.132 bits per heavy atom. The van der Waals surface area contributed by atoms with E-state index in [2.05, 4.69) is 461 Å². The topological polar surface area (TPSA) is 54.0 Å². The van der Waals surface area contributed by atoms with Crippen molar-refractivity contribution < 1.29 is 20.4 Å². The van der Waals surface area contributed by atoms with Crippen LogP contribution in [0.2, 0.25) is 0 Å². The van der Waals surface area contributed by atoms with Gasteiger partial charge in [0.15, 0.2) is 0 Å². The van der Waals surface area contributed by atoms with Crippen LogP contribution in [0.3, 0.4) is 0 Å². The maximum atomic E-state index is 6.88. The van der Waals surface area contributed by atoms with E-state index >= 15 is 0 Å². The molecule has 0 unspecified atom stereocenters. The largest absolute Gasteiger partial charge is 2.00 e. The van der Waals surface area contributed by atoms with Crippen LogP contribution in [0, 0.1) is 0 Å². The number of nitrogens with zero attached hydrogens (tertiary/aromatic N) is 4. The van der Waals surface area contributed by atoms with Crippen molar-refractivity contribution in [2.45, 2.75) is 0 Å². The van der Waals surface area contributed by atoms with Gasteiger partial charge in [0.25, 0.3) is 0 Å². The number of hydrogen-bond donors (Lipinski definition) is 0. The molecule has 0 amide bonds. The smallest absolute Gasteiger partial charge is 0.656 e. The van der Waals surface area contributed by atoms with Crippen molar-refractivity contribution in [1.82, 2.24) is 19.9 Å². The molecule has 0 saturated heterocycles. The Morgan fingerprint density at radius 2 is 0.279 bits per heavy atom. The third-order valence-electron chi connectivity index (χ3n) is 26.3. The van der Waals surface area contributed by atoms with Gasteiger partial charge in [0, 0.05) is 22.3 Å². The molecule has 129 heavy (non-hydrogen) atoms. The van der Waals surface area contributed by atoms with E-state index in [1.807, 2.05) is 0 Å². The van der Waals surface area contributed by atoms with Crippen LogP contribution in [0.15, 0.2) is 461 Å². The summed E-state index contributed by atoms with van der Waals surface area (Å²) in [5.74, 6) is 0. The monoisotopic (exact) mass is 1730 g/mol. The summed E-state index contributed by atoms with van der Waals surface area (Å²) in [6.07, 6.45) is 0. The van der Waals surface area contributed by atoms with E-state index in [1.165, 1.54) is 0 Å². The van der Waals surface area contributed by atoms with E-state index in [0.717, 1.165) is 265 Å². The molecule has 22 aromatic rings. The van der Waals surface area contributed by atoms with E-state index in [-0.39, 0.29) is 20.4 Å². The van der Waals surface area contributed by atoms with Gasteiger partial charge in [-0.05, 0) is 247 Å². The molecule has 1 aliphatic carbocycles. The van der Waals surface area contributed by atoms with E-state index in [0.29, 0.717) is 0 Å². The number of aromatic nitrogens is 4. The molecule has 25 rings (SSSR count). The average molecular weight is 1730 g/mol. The quantitative estimate of drug-likeness (QED) is 0.114. The van der Waals surface area contributed by atoms with Crippen molar-refractivity contribution in [3.63, 3.8) is 0 Å². The Balaban J connectivity index is 0.00000924. The van der Waals surface area contributed by atoms with Crippen molar-refractivity contribution in [1.29, 1.82) is 0 Å². The first-order chi connectivity index (χ1) is 63.5. The first kappa shape index (κ1) is 76.4. The molecule has 0 radical (unpaired) electrons. The van der Waals surface area contributed by atoms with E-state index in [9.17, 15) is 0 Å². The Labute approximate surface area is 760 Å². The fourth-order valence-electron chi connectivity index (χ4n) is 20.5. The van der Waals surface area contributed by atoms with Crippen LogP contribution in [0.5, 0.6) is 0 Å². The van der Waals surface area contributed by atoms with E-state index in [1.54, 1.807) is 0 Å². The van der Waals surface area contributed by atoms with E-state index in [4.69, 9.17) is 19.9 Å². The zero-order chi connectivity index (χ0) is 84.3. The molecular weight excluding hydrogens is 1650 g/mol. The molecule has 602 valence electrons. The predicted octanol–water partition coefficient (Wildman–Crippen LogP) is 33.2. The zero-order valence-electron chi connectivity index (χ0n) is 70.0. The first-order valence-corrected chi connectivity index (χ1v) is 44.0. The van der Waals surface area contributed by atoms with Gasteiger partial charge in [0.1, 0.15) is 0 Å². The molecule has 0 saturated carbocycles. The van der Waals surface area contributed by atoms with E-state index < -0.39 is 0 Å². The summed E-state index contributed by atoms with van der Waals surface area (Å²) in [7, 11) is 0. The van der Waals surface area contributed by atoms with Crippen molar-refractivity contribution in [3.8, 4) is 179 Å². The summed E-state index contributed by atoms with van der Waals surface area (Å²) >= 11 is 0. The molecular formula is C124H76N4Pd. The van der Waals surface area contributed by atoms with Gasteiger partial charge in [0.05, 0.1) is 22.8 Å². The summed E-state index contributed by atoms with van der Waals surface area (Å²) in [6.45, 7) is 0. The van der Waals surface area contributed by atoms with Crippen molar-refractivity contribution in [2.75, 3.05) is 0 Å². The molecule has 2 aliphatic heterocycles. The van der Waals surface area contributed by atoms with Crippen molar-refractivity contribution in [2.24, 2.45) is 0 Å². The van der Waals surface area contributed by atoms with Gasteiger partial charge in [-0.15, -0.1) is 22.1 Å². The van der Waals surface area contributed by atoms with Crippen LogP contribution in [0.1, 0.15) is 0 Å². The molecule has 2 aromatic heterocycles. The number of rotatable bonds is 12. The minimum atomic E-state index is 0. The second-order valence-corrected chi connectivity index (χ2v) is 33.6. The summed E-state index contributed by atoms with van der Waals surface area (Å²) < 4.78 is 0. The molecule has 0 N–H and O–H groups in total.